The Morgan fingerprint density at radius 2 is 1.77 bits per heavy atom. The number of phenolic OH excluding ortho intramolecular Hbond substituents is 1. The van der Waals surface area contributed by atoms with Crippen LogP contribution in [0.5, 0.6) is 11.5 Å². The number of carbonyl (C=O) groups is 1. The standard InChI is InChI=1S/C27H23Cl2N3O6S/c1-3-15-12-24(39(35,36)37)20(29)14-21(15)31-32-25-18-8-6-5-7-16(18)11-19(26(25)33)27(34)30-22-13-17(28)9-10-23(22)38-4-2/h5-14,33H,3-4H2,1-2H3,(H,30,34)(H,35,36,37). The molecule has 0 saturated carbocycles. The molecule has 1 amide bonds. The molecule has 9 nitrogen and oxygen atoms in total. The molecule has 0 heterocycles. The highest BCUT2D eigenvalue weighted by molar-refractivity contribution is 7.86. The molecule has 0 radical (unpaired) electrons. The number of hydrogen-bond donors (Lipinski definition) is 3. The van der Waals surface area contributed by atoms with E-state index in [1.165, 1.54) is 24.3 Å². The van der Waals surface area contributed by atoms with Crippen LogP contribution in [0.4, 0.5) is 17.1 Å². The molecule has 0 unspecified atom stereocenters. The Labute approximate surface area is 234 Å². The zero-order valence-electron chi connectivity index (χ0n) is 20.8. The molecule has 0 atom stereocenters. The fourth-order valence-corrected chi connectivity index (χ4v) is 5.14. The summed E-state index contributed by atoms with van der Waals surface area (Å²) in [5.41, 5.74) is 0.949. The van der Waals surface area contributed by atoms with E-state index in [1.807, 2.05) is 0 Å². The SMILES string of the molecule is CCOc1ccc(Cl)cc1NC(=O)c1cc2ccccc2c(N=Nc2cc(Cl)c(S(=O)(=O)O)cc2CC)c1O. The van der Waals surface area contributed by atoms with Gasteiger partial charge < -0.3 is 15.2 Å². The van der Waals surface area contributed by atoms with Gasteiger partial charge in [-0.2, -0.15) is 13.5 Å². The number of nitrogens with one attached hydrogen (secondary N) is 1. The monoisotopic (exact) mass is 587 g/mol. The van der Waals surface area contributed by atoms with Gasteiger partial charge in [-0.3, -0.25) is 9.35 Å². The van der Waals surface area contributed by atoms with Crippen LogP contribution < -0.4 is 10.1 Å². The van der Waals surface area contributed by atoms with E-state index >= 15 is 0 Å². The summed E-state index contributed by atoms with van der Waals surface area (Å²) in [5.74, 6) is -0.644. The lowest BCUT2D eigenvalue weighted by Crippen LogP contribution is -2.13. The third-order valence-corrected chi connectivity index (χ3v) is 7.33. The Bertz CT molecular complexity index is 1720. The van der Waals surface area contributed by atoms with Gasteiger partial charge in [0.05, 0.1) is 28.6 Å². The minimum atomic E-state index is -4.54. The number of nitrogens with zero attached hydrogens (tertiary/aromatic N) is 2. The van der Waals surface area contributed by atoms with E-state index in [2.05, 4.69) is 15.5 Å². The normalized spacial score (nSPS) is 11.7. The third-order valence-electron chi connectivity index (χ3n) is 5.78. The molecule has 4 aromatic carbocycles. The van der Waals surface area contributed by atoms with E-state index < -0.39 is 26.7 Å². The molecule has 39 heavy (non-hydrogen) atoms. The number of ether oxygens (including phenoxy) is 1. The molecule has 0 aliphatic rings. The fourth-order valence-electron chi connectivity index (χ4n) is 3.93. The van der Waals surface area contributed by atoms with Crippen molar-refractivity contribution in [3.8, 4) is 11.5 Å². The van der Waals surface area contributed by atoms with E-state index in [-0.39, 0.29) is 22.0 Å². The van der Waals surface area contributed by atoms with Crippen molar-refractivity contribution in [1.29, 1.82) is 0 Å². The van der Waals surface area contributed by atoms with Crippen molar-refractivity contribution in [1.82, 2.24) is 0 Å². The van der Waals surface area contributed by atoms with Gasteiger partial charge in [0.1, 0.15) is 16.3 Å². The summed E-state index contributed by atoms with van der Waals surface area (Å²) in [4.78, 5) is 12.9. The number of benzene rings is 4. The Hall–Kier alpha value is -3.70. The van der Waals surface area contributed by atoms with Crippen molar-refractivity contribution in [2.45, 2.75) is 25.2 Å². The zero-order chi connectivity index (χ0) is 28.3. The maximum Gasteiger partial charge on any atom is 0.296 e. The van der Waals surface area contributed by atoms with Crippen molar-refractivity contribution in [3.05, 3.63) is 81.8 Å². The topological polar surface area (TPSA) is 138 Å². The highest BCUT2D eigenvalue weighted by Gasteiger charge is 2.21. The van der Waals surface area contributed by atoms with Gasteiger partial charge in [0.25, 0.3) is 16.0 Å². The van der Waals surface area contributed by atoms with Crippen LogP contribution in [-0.4, -0.2) is 30.6 Å². The number of hydrogen-bond acceptors (Lipinski definition) is 7. The van der Waals surface area contributed by atoms with E-state index in [0.717, 1.165) is 0 Å². The molecule has 4 aromatic rings. The van der Waals surface area contributed by atoms with Crippen LogP contribution in [0.25, 0.3) is 10.8 Å². The Kier molecular flexibility index (Phi) is 8.41. The molecule has 0 aliphatic carbocycles. The van der Waals surface area contributed by atoms with E-state index in [0.29, 0.717) is 45.8 Å². The highest BCUT2D eigenvalue weighted by Crippen LogP contribution is 2.41. The number of halogens is 2. The Morgan fingerprint density at radius 3 is 2.46 bits per heavy atom. The second-order valence-corrected chi connectivity index (χ2v) is 10.5. The highest BCUT2D eigenvalue weighted by atomic mass is 35.5. The average molecular weight is 588 g/mol. The average Bonchev–Trinajstić information content (AvgIpc) is 2.88. The van der Waals surface area contributed by atoms with Gasteiger partial charge in [-0.05, 0) is 60.7 Å². The molecule has 0 spiro atoms. The molecule has 0 aromatic heterocycles. The van der Waals surface area contributed by atoms with Crippen molar-refractivity contribution in [2.75, 3.05) is 11.9 Å². The summed E-state index contributed by atoms with van der Waals surface area (Å²) in [6.07, 6.45) is 0.352. The summed E-state index contributed by atoms with van der Waals surface area (Å²) in [6.45, 7) is 3.94. The minimum absolute atomic E-state index is 0.0198. The summed E-state index contributed by atoms with van der Waals surface area (Å²) in [7, 11) is -4.54. The Morgan fingerprint density at radius 1 is 1.03 bits per heavy atom. The van der Waals surface area contributed by atoms with Gasteiger partial charge in [-0.15, -0.1) is 5.11 Å². The smallest absolute Gasteiger partial charge is 0.296 e. The zero-order valence-corrected chi connectivity index (χ0v) is 23.1. The molecule has 4 rings (SSSR count). The number of aromatic hydroxyl groups is 1. The van der Waals surface area contributed by atoms with Gasteiger partial charge in [0, 0.05) is 10.4 Å². The van der Waals surface area contributed by atoms with Gasteiger partial charge in [-0.25, -0.2) is 0 Å². The molecule has 3 N–H and O–H groups in total. The van der Waals surface area contributed by atoms with Crippen LogP contribution in [0.2, 0.25) is 10.0 Å². The first-order valence-electron chi connectivity index (χ1n) is 11.7. The third kappa shape index (κ3) is 6.15. The summed E-state index contributed by atoms with van der Waals surface area (Å²) in [6, 6.07) is 15.8. The first kappa shape index (κ1) is 28.3. The number of rotatable bonds is 8. The molecule has 12 heteroatoms. The lowest BCUT2D eigenvalue weighted by Gasteiger charge is -2.14. The number of aryl methyl sites for hydroxylation is 1. The number of phenols is 1. The van der Waals surface area contributed by atoms with Crippen LogP contribution in [0, 0.1) is 0 Å². The van der Waals surface area contributed by atoms with E-state index in [9.17, 15) is 22.9 Å². The molecule has 0 saturated heterocycles. The largest absolute Gasteiger partial charge is 0.505 e. The van der Waals surface area contributed by atoms with Crippen LogP contribution in [0.3, 0.4) is 0 Å². The van der Waals surface area contributed by atoms with Crippen molar-refractivity contribution in [3.63, 3.8) is 0 Å². The quantitative estimate of drug-likeness (QED) is 0.142. The number of azo groups is 1. The first-order chi connectivity index (χ1) is 18.5. The maximum absolute atomic E-state index is 13.3. The summed E-state index contributed by atoms with van der Waals surface area (Å²) in [5, 5.41) is 23.6. The van der Waals surface area contributed by atoms with E-state index in [4.69, 9.17) is 27.9 Å². The lowest BCUT2D eigenvalue weighted by atomic mass is 10.0. The number of fused-ring (bicyclic) bond motifs is 1. The van der Waals surface area contributed by atoms with Gasteiger partial charge in [-0.1, -0.05) is 54.4 Å². The number of amides is 1. The molecule has 0 bridgehead atoms. The van der Waals surface area contributed by atoms with Crippen LogP contribution in [0.15, 0.2) is 75.8 Å². The fraction of sp³-hybridized carbons (Fsp3) is 0.148. The number of carbonyl (C=O) groups excluding carboxylic acids is 1. The first-order valence-corrected chi connectivity index (χ1v) is 13.9. The minimum Gasteiger partial charge on any atom is -0.505 e. The summed E-state index contributed by atoms with van der Waals surface area (Å²) >= 11 is 12.2. The van der Waals surface area contributed by atoms with E-state index in [1.54, 1.807) is 50.2 Å². The van der Waals surface area contributed by atoms with Crippen LogP contribution >= 0.6 is 23.2 Å². The second kappa shape index (κ2) is 11.6. The molecule has 202 valence electrons. The maximum atomic E-state index is 13.3. The predicted molar refractivity (Wildman–Crippen MR) is 151 cm³/mol. The van der Waals surface area contributed by atoms with Gasteiger partial charge in [0.15, 0.2) is 5.75 Å². The molecule has 0 aliphatic heterocycles. The Balaban J connectivity index is 1.81. The predicted octanol–water partition coefficient (Wildman–Crippen LogP) is 7.73. The lowest BCUT2D eigenvalue weighted by molar-refractivity contribution is 0.102. The van der Waals surface area contributed by atoms with Crippen LogP contribution in [0.1, 0.15) is 29.8 Å². The van der Waals surface area contributed by atoms with Crippen LogP contribution in [-0.2, 0) is 16.5 Å². The summed E-state index contributed by atoms with van der Waals surface area (Å²) < 4.78 is 38.3. The van der Waals surface area contributed by atoms with Crippen molar-refractivity contribution < 1.29 is 27.6 Å². The van der Waals surface area contributed by atoms with Crippen molar-refractivity contribution >= 4 is 67.1 Å². The molecular weight excluding hydrogens is 565 g/mol. The van der Waals surface area contributed by atoms with Crippen molar-refractivity contribution in [2.24, 2.45) is 10.2 Å². The molecule has 0 fully saturated rings. The van der Waals surface area contributed by atoms with Gasteiger partial charge in [0.2, 0.25) is 0 Å². The second-order valence-electron chi connectivity index (χ2n) is 8.31. The number of anilines is 1. The van der Waals surface area contributed by atoms with Gasteiger partial charge >= 0.3 is 0 Å². The molecular formula is C27H23Cl2N3O6S.